The monoisotopic (exact) mass is 340 g/mol. The van der Waals surface area contributed by atoms with E-state index in [1.807, 2.05) is 0 Å². The van der Waals surface area contributed by atoms with E-state index in [9.17, 15) is 4.79 Å². The van der Waals surface area contributed by atoms with Gasteiger partial charge in [0.15, 0.2) is 5.82 Å². The van der Waals surface area contributed by atoms with Gasteiger partial charge in [-0.2, -0.15) is 4.98 Å². The van der Waals surface area contributed by atoms with Crippen LogP contribution in [0.15, 0.2) is 4.52 Å². The number of ether oxygens (including phenoxy) is 2. The third kappa shape index (κ3) is 6.09. The van der Waals surface area contributed by atoms with Crippen molar-refractivity contribution in [1.82, 2.24) is 20.8 Å². The van der Waals surface area contributed by atoms with Gasteiger partial charge in [0.2, 0.25) is 5.89 Å². The predicted molar refractivity (Wildman–Crippen MR) is 87.5 cm³/mol. The first kappa shape index (κ1) is 18.7. The summed E-state index contributed by atoms with van der Waals surface area (Å²) in [5, 5.41) is 9.60. The predicted octanol–water partition coefficient (Wildman–Crippen LogP) is 1.82. The fraction of sp³-hybridized carbons (Fsp3) is 0.812. The van der Waals surface area contributed by atoms with Gasteiger partial charge in [-0.05, 0) is 31.6 Å². The van der Waals surface area contributed by atoms with Gasteiger partial charge >= 0.3 is 6.03 Å². The number of carbonyl (C=O) groups is 1. The van der Waals surface area contributed by atoms with Crippen molar-refractivity contribution in [3.63, 3.8) is 0 Å². The van der Waals surface area contributed by atoms with Gasteiger partial charge < -0.3 is 24.6 Å². The number of aromatic nitrogens is 2. The quantitative estimate of drug-likeness (QED) is 0.700. The van der Waals surface area contributed by atoms with Gasteiger partial charge in [0.25, 0.3) is 0 Å². The molecule has 1 fully saturated rings. The number of rotatable bonds is 8. The maximum Gasteiger partial charge on any atom is 0.315 e. The number of amides is 2. The van der Waals surface area contributed by atoms with E-state index in [4.69, 9.17) is 14.0 Å². The van der Waals surface area contributed by atoms with Gasteiger partial charge in [-0.3, -0.25) is 0 Å². The van der Waals surface area contributed by atoms with E-state index in [2.05, 4.69) is 34.6 Å². The summed E-state index contributed by atoms with van der Waals surface area (Å²) in [4.78, 5) is 16.5. The van der Waals surface area contributed by atoms with Crippen molar-refractivity contribution in [2.45, 2.75) is 39.7 Å². The highest BCUT2D eigenvalue weighted by Gasteiger charge is 2.31. The average Bonchev–Trinajstić information content (AvgIpc) is 2.99. The zero-order valence-corrected chi connectivity index (χ0v) is 14.7. The van der Waals surface area contributed by atoms with Crippen LogP contribution in [0.2, 0.25) is 0 Å². The van der Waals surface area contributed by atoms with Crippen molar-refractivity contribution in [2.24, 2.45) is 11.8 Å². The lowest BCUT2D eigenvalue weighted by atomic mass is 9.91. The number of hydrogen-bond donors (Lipinski definition) is 2. The van der Waals surface area contributed by atoms with Crippen LogP contribution < -0.4 is 10.6 Å². The first-order chi connectivity index (χ1) is 11.6. The summed E-state index contributed by atoms with van der Waals surface area (Å²) in [5.41, 5.74) is 0. The second-order valence-electron chi connectivity index (χ2n) is 6.48. The fourth-order valence-electron chi connectivity index (χ4n) is 2.62. The second kappa shape index (κ2) is 9.58. The molecule has 0 saturated carbocycles. The topological polar surface area (TPSA) is 98.5 Å². The van der Waals surface area contributed by atoms with Crippen molar-refractivity contribution in [1.29, 1.82) is 0 Å². The molecule has 1 aromatic rings. The van der Waals surface area contributed by atoms with Crippen molar-refractivity contribution >= 4 is 6.03 Å². The molecule has 0 aromatic carbocycles. The van der Waals surface area contributed by atoms with Crippen LogP contribution in [0.3, 0.4) is 0 Å². The van der Waals surface area contributed by atoms with Crippen molar-refractivity contribution < 1.29 is 18.8 Å². The molecule has 136 valence electrons. The van der Waals surface area contributed by atoms with Crippen molar-refractivity contribution in [3.8, 4) is 0 Å². The van der Waals surface area contributed by atoms with E-state index in [0.717, 1.165) is 12.8 Å². The third-order valence-electron chi connectivity index (χ3n) is 3.82. The first-order valence-electron chi connectivity index (χ1n) is 8.56. The maximum atomic E-state index is 12.2. The molecule has 2 heterocycles. The Balaban J connectivity index is 1.84. The van der Waals surface area contributed by atoms with E-state index in [0.29, 0.717) is 50.6 Å². The zero-order valence-electron chi connectivity index (χ0n) is 14.7. The molecular formula is C16H28N4O4. The second-order valence-corrected chi connectivity index (χ2v) is 6.48. The Morgan fingerprint density at radius 2 is 2.12 bits per heavy atom. The van der Waals surface area contributed by atoms with Gasteiger partial charge in [-0.1, -0.05) is 19.0 Å². The summed E-state index contributed by atoms with van der Waals surface area (Å²) in [6.07, 6.45) is 1.70. The Hall–Kier alpha value is -1.67. The number of carbonyl (C=O) groups excluding carboxylic acids is 1. The Kier molecular flexibility index (Phi) is 7.45. The van der Waals surface area contributed by atoms with Gasteiger partial charge in [-0.15, -0.1) is 0 Å². The van der Waals surface area contributed by atoms with Crippen molar-refractivity contribution in [3.05, 3.63) is 11.7 Å². The molecule has 2 N–H and O–H groups in total. The highest BCUT2D eigenvalue weighted by molar-refractivity contribution is 5.74. The van der Waals surface area contributed by atoms with E-state index < -0.39 is 0 Å². The minimum Gasteiger partial charge on any atom is -0.381 e. The van der Waals surface area contributed by atoms with Crippen LogP contribution in [0.5, 0.6) is 0 Å². The minimum atomic E-state index is -0.299. The number of nitrogens with zero attached hydrogens (tertiary/aromatic N) is 2. The average molecular weight is 340 g/mol. The van der Waals surface area contributed by atoms with Gasteiger partial charge in [0.1, 0.15) is 6.04 Å². The Morgan fingerprint density at radius 3 is 2.75 bits per heavy atom. The summed E-state index contributed by atoms with van der Waals surface area (Å²) >= 11 is 0. The van der Waals surface area contributed by atoms with Gasteiger partial charge in [0.05, 0.1) is 6.61 Å². The molecule has 1 unspecified atom stereocenters. The molecule has 0 spiro atoms. The third-order valence-corrected chi connectivity index (χ3v) is 3.82. The van der Waals surface area contributed by atoms with Crippen LogP contribution in [0.4, 0.5) is 4.79 Å². The smallest absolute Gasteiger partial charge is 0.315 e. The number of aryl methyl sites for hydroxylation is 1. The van der Waals surface area contributed by atoms with Gasteiger partial charge in [-0.25, -0.2) is 4.79 Å². The van der Waals surface area contributed by atoms with E-state index in [-0.39, 0.29) is 18.0 Å². The molecule has 1 atom stereocenters. The molecule has 1 aliphatic rings. The molecule has 8 nitrogen and oxygen atoms in total. The van der Waals surface area contributed by atoms with Crippen LogP contribution in [0, 0.1) is 18.8 Å². The molecule has 0 bridgehead atoms. The molecule has 1 aliphatic heterocycles. The van der Waals surface area contributed by atoms with Crippen LogP contribution in [0.25, 0.3) is 0 Å². The van der Waals surface area contributed by atoms with E-state index in [1.165, 1.54) is 0 Å². The normalized spacial score (nSPS) is 17.0. The molecule has 0 radical (unpaired) electrons. The lowest BCUT2D eigenvalue weighted by Crippen LogP contribution is -2.43. The molecule has 24 heavy (non-hydrogen) atoms. The summed E-state index contributed by atoms with van der Waals surface area (Å²) in [7, 11) is 0. The van der Waals surface area contributed by atoms with E-state index in [1.54, 1.807) is 6.92 Å². The van der Waals surface area contributed by atoms with Crippen LogP contribution in [-0.4, -0.2) is 49.1 Å². The highest BCUT2D eigenvalue weighted by Crippen LogP contribution is 2.29. The van der Waals surface area contributed by atoms with Crippen LogP contribution in [0.1, 0.15) is 44.4 Å². The fourth-order valence-corrected chi connectivity index (χ4v) is 2.62. The molecule has 2 amide bonds. The summed E-state index contributed by atoms with van der Waals surface area (Å²) in [6, 6.07) is -0.554. The Morgan fingerprint density at radius 1 is 1.38 bits per heavy atom. The maximum absolute atomic E-state index is 12.2. The molecule has 1 aromatic heterocycles. The summed E-state index contributed by atoms with van der Waals surface area (Å²) in [5.74, 6) is 1.72. The number of nitrogens with one attached hydrogen (secondary N) is 2. The number of urea groups is 1. The minimum absolute atomic E-state index is 0.224. The summed E-state index contributed by atoms with van der Waals surface area (Å²) in [6.45, 7) is 8.95. The van der Waals surface area contributed by atoms with E-state index >= 15 is 0 Å². The lowest BCUT2D eigenvalue weighted by molar-refractivity contribution is 0.0502. The molecule has 1 saturated heterocycles. The molecule has 8 heteroatoms. The largest absolute Gasteiger partial charge is 0.381 e. The summed E-state index contributed by atoms with van der Waals surface area (Å²) < 4.78 is 16.1. The Bertz CT molecular complexity index is 500. The standard InChI is InChI=1S/C16H28N4O4/c1-11(2)10-23-9-6-17-16(21)19-14(13-4-7-22-8-5-13)15-18-12(3)20-24-15/h11,13-14H,4-10H2,1-3H3,(H2,17,19,21). The molecule has 0 aliphatic carbocycles. The first-order valence-corrected chi connectivity index (χ1v) is 8.56. The molecular weight excluding hydrogens is 312 g/mol. The number of hydrogen-bond acceptors (Lipinski definition) is 6. The highest BCUT2D eigenvalue weighted by atomic mass is 16.5. The zero-order chi connectivity index (χ0) is 17.4. The van der Waals surface area contributed by atoms with Gasteiger partial charge in [0, 0.05) is 26.4 Å². The molecule has 2 rings (SSSR count). The SMILES string of the molecule is Cc1noc(C(NC(=O)NCCOCC(C)C)C2CCOCC2)n1. The Labute approximate surface area is 142 Å². The van der Waals surface area contributed by atoms with Crippen molar-refractivity contribution in [2.75, 3.05) is 33.0 Å². The lowest BCUT2D eigenvalue weighted by Gasteiger charge is -2.28. The van der Waals surface area contributed by atoms with Crippen LogP contribution in [-0.2, 0) is 9.47 Å². The van der Waals surface area contributed by atoms with Crippen LogP contribution >= 0.6 is 0 Å².